The Morgan fingerprint density at radius 3 is 2.74 bits per heavy atom. The van der Waals surface area contributed by atoms with Gasteiger partial charge < -0.3 is 15.0 Å². The Morgan fingerprint density at radius 2 is 2.11 bits per heavy atom. The van der Waals surface area contributed by atoms with E-state index in [9.17, 15) is 0 Å². The molecule has 0 bridgehead atoms. The Balaban J connectivity index is 2.02. The predicted octanol–water partition coefficient (Wildman–Crippen LogP) is 2.57. The Kier molecular flexibility index (Phi) is 3.11. The molecule has 102 valence electrons. The summed E-state index contributed by atoms with van der Waals surface area (Å²) in [5.74, 6) is 0. The number of aryl methyl sites for hydroxylation is 1. The smallest absolute Gasteiger partial charge is 0.0586 e. The zero-order valence-electron chi connectivity index (χ0n) is 11.7. The molecule has 1 aromatic heterocycles. The molecule has 1 aromatic carbocycles. The number of nitrogens with two attached hydrogens (primary N) is 1. The third-order valence-electron chi connectivity index (χ3n) is 4.30. The molecule has 2 aromatic rings. The summed E-state index contributed by atoms with van der Waals surface area (Å²) in [4.78, 5) is 0. The Bertz CT molecular complexity index is 581. The lowest BCUT2D eigenvalue weighted by Crippen LogP contribution is -2.47. The van der Waals surface area contributed by atoms with Gasteiger partial charge in [0.1, 0.15) is 0 Å². The van der Waals surface area contributed by atoms with Gasteiger partial charge in [-0.1, -0.05) is 18.2 Å². The van der Waals surface area contributed by atoms with Crippen molar-refractivity contribution in [1.29, 1.82) is 0 Å². The van der Waals surface area contributed by atoms with E-state index in [0.29, 0.717) is 0 Å². The summed E-state index contributed by atoms with van der Waals surface area (Å²) in [6.45, 7) is 3.73. The summed E-state index contributed by atoms with van der Waals surface area (Å²) < 4.78 is 7.75. The molecule has 19 heavy (non-hydrogen) atoms. The molecule has 1 saturated heterocycles. The number of hydrogen-bond donors (Lipinski definition) is 1. The fourth-order valence-corrected chi connectivity index (χ4v) is 3.05. The molecule has 1 unspecified atom stereocenters. The van der Waals surface area contributed by atoms with E-state index in [1.165, 1.54) is 16.5 Å². The molecule has 3 rings (SSSR count). The number of fused-ring (bicyclic) bond motifs is 1. The minimum Gasteiger partial charge on any atom is -0.379 e. The van der Waals surface area contributed by atoms with Crippen molar-refractivity contribution < 1.29 is 4.74 Å². The van der Waals surface area contributed by atoms with Crippen LogP contribution in [0.3, 0.4) is 0 Å². The van der Waals surface area contributed by atoms with Gasteiger partial charge in [-0.3, -0.25) is 0 Å². The van der Waals surface area contributed by atoms with Crippen molar-refractivity contribution >= 4 is 10.9 Å². The highest BCUT2D eigenvalue weighted by Crippen LogP contribution is 2.41. The number of ether oxygens (including phenoxy) is 1. The average Bonchev–Trinajstić information content (AvgIpc) is 2.67. The van der Waals surface area contributed by atoms with Gasteiger partial charge >= 0.3 is 0 Å². The van der Waals surface area contributed by atoms with E-state index in [1.807, 2.05) is 0 Å². The van der Waals surface area contributed by atoms with E-state index in [2.05, 4.69) is 49.0 Å². The SMILES string of the molecule is CC(N)CCC1(c2cn(C)c3ccccc23)COC1. The Hall–Kier alpha value is -1.32. The van der Waals surface area contributed by atoms with Crippen LogP contribution in [0.2, 0.25) is 0 Å². The largest absolute Gasteiger partial charge is 0.379 e. The molecule has 0 spiro atoms. The van der Waals surface area contributed by atoms with Crippen molar-refractivity contribution in [2.24, 2.45) is 12.8 Å². The Labute approximate surface area is 114 Å². The predicted molar refractivity (Wildman–Crippen MR) is 78.3 cm³/mol. The van der Waals surface area contributed by atoms with Crippen LogP contribution in [0, 0.1) is 0 Å². The first kappa shape index (κ1) is 12.7. The fraction of sp³-hybridized carbons (Fsp3) is 0.500. The van der Waals surface area contributed by atoms with Crippen molar-refractivity contribution in [3.8, 4) is 0 Å². The van der Waals surface area contributed by atoms with Crippen LogP contribution >= 0.6 is 0 Å². The van der Waals surface area contributed by atoms with Gasteiger partial charge in [-0.15, -0.1) is 0 Å². The van der Waals surface area contributed by atoms with Crippen LogP contribution in [0.4, 0.5) is 0 Å². The van der Waals surface area contributed by atoms with Gasteiger partial charge in [0.2, 0.25) is 0 Å². The maximum Gasteiger partial charge on any atom is 0.0586 e. The van der Waals surface area contributed by atoms with Crippen molar-refractivity contribution in [2.45, 2.75) is 31.2 Å². The second kappa shape index (κ2) is 4.66. The lowest BCUT2D eigenvalue weighted by molar-refractivity contribution is -0.0649. The Morgan fingerprint density at radius 1 is 1.37 bits per heavy atom. The topological polar surface area (TPSA) is 40.2 Å². The summed E-state index contributed by atoms with van der Waals surface area (Å²) >= 11 is 0. The standard InChI is InChI=1S/C16H22N2O/c1-12(17)7-8-16(10-19-11-16)14-9-18(2)15-6-4-3-5-13(14)15/h3-6,9,12H,7-8,10-11,17H2,1-2H3. The van der Waals surface area contributed by atoms with E-state index in [4.69, 9.17) is 10.5 Å². The summed E-state index contributed by atoms with van der Waals surface area (Å²) in [6, 6.07) is 8.86. The molecular formula is C16H22N2O. The monoisotopic (exact) mass is 258 g/mol. The molecule has 1 aliphatic rings. The van der Waals surface area contributed by atoms with Gasteiger partial charge in [-0.05, 0) is 31.4 Å². The van der Waals surface area contributed by atoms with E-state index in [-0.39, 0.29) is 11.5 Å². The third kappa shape index (κ3) is 2.07. The lowest BCUT2D eigenvalue weighted by atomic mass is 9.74. The number of nitrogens with zero attached hydrogens (tertiary/aromatic N) is 1. The number of para-hydroxylation sites is 1. The van der Waals surface area contributed by atoms with Crippen LogP contribution in [-0.4, -0.2) is 23.8 Å². The van der Waals surface area contributed by atoms with Crippen LogP contribution in [0.5, 0.6) is 0 Å². The molecular weight excluding hydrogens is 236 g/mol. The van der Waals surface area contributed by atoms with Gasteiger partial charge in [0.15, 0.2) is 0 Å². The number of hydrogen-bond acceptors (Lipinski definition) is 2. The van der Waals surface area contributed by atoms with Gasteiger partial charge in [0.05, 0.1) is 13.2 Å². The molecule has 2 heterocycles. The maximum atomic E-state index is 5.93. The average molecular weight is 258 g/mol. The minimum atomic E-state index is 0.175. The first-order chi connectivity index (χ1) is 9.12. The first-order valence-electron chi connectivity index (χ1n) is 7.00. The van der Waals surface area contributed by atoms with Crippen LogP contribution in [-0.2, 0) is 17.2 Å². The molecule has 3 heteroatoms. The fourth-order valence-electron chi connectivity index (χ4n) is 3.05. The maximum absolute atomic E-state index is 5.93. The van der Waals surface area contributed by atoms with Crippen molar-refractivity contribution in [3.05, 3.63) is 36.0 Å². The molecule has 1 fully saturated rings. The third-order valence-corrected chi connectivity index (χ3v) is 4.30. The molecule has 3 nitrogen and oxygen atoms in total. The highest BCUT2D eigenvalue weighted by Gasteiger charge is 2.41. The zero-order valence-corrected chi connectivity index (χ0v) is 11.7. The van der Waals surface area contributed by atoms with Crippen molar-refractivity contribution in [1.82, 2.24) is 4.57 Å². The normalized spacial score (nSPS) is 19.3. The molecule has 1 atom stereocenters. The molecule has 0 amide bonds. The zero-order chi connectivity index (χ0) is 13.5. The molecule has 1 aliphatic heterocycles. The van der Waals surface area contributed by atoms with Crippen LogP contribution in [0.15, 0.2) is 30.5 Å². The quantitative estimate of drug-likeness (QED) is 0.915. The first-order valence-corrected chi connectivity index (χ1v) is 7.00. The van der Waals surface area contributed by atoms with E-state index in [0.717, 1.165) is 26.1 Å². The molecule has 0 aliphatic carbocycles. The van der Waals surface area contributed by atoms with E-state index < -0.39 is 0 Å². The van der Waals surface area contributed by atoms with Gasteiger partial charge in [-0.25, -0.2) is 0 Å². The minimum absolute atomic E-state index is 0.175. The highest BCUT2D eigenvalue weighted by molar-refractivity contribution is 5.85. The van der Waals surface area contributed by atoms with E-state index in [1.54, 1.807) is 0 Å². The van der Waals surface area contributed by atoms with Crippen LogP contribution in [0.25, 0.3) is 10.9 Å². The van der Waals surface area contributed by atoms with Gasteiger partial charge in [0, 0.05) is 35.6 Å². The number of rotatable bonds is 4. The second-order valence-electron chi connectivity index (χ2n) is 5.96. The lowest BCUT2D eigenvalue weighted by Gasteiger charge is -2.42. The van der Waals surface area contributed by atoms with Gasteiger partial charge in [-0.2, -0.15) is 0 Å². The summed E-state index contributed by atoms with van der Waals surface area (Å²) in [6.07, 6.45) is 4.43. The second-order valence-corrected chi connectivity index (χ2v) is 5.96. The van der Waals surface area contributed by atoms with Crippen molar-refractivity contribution in [3.63, 3.8) is 0 Å². The highest BCUT2D eigenvalue weighted by atomic mass is 16.5. The summed E-state index contributed by atoms with van der Waals surface area (Å²) in [5, 5.41) is 1.36. The summed E-state index contributed by atoms with van der Waals surface area (Å²) in [5.41, 5.74) is 8.83. The van der Waals surface area contributed by atoms with Crippen molar-refractivity contribution in [2.75, 3.05) is 13.2 Å². The van der Waals surface area contributed by atoms with Gasteiger partial charge in [0.25, 0.3) is 0 Å². The number of aromatic nitrogens is 1. The molecule has 2 N–H and O–H groups in total. The molecule has 0 radical (unpaired) electrons. The summed E-state index contributed by atoms with van der Waals surface area (Å²) in [7, 11) is 2.12. The van der Waals surface area contributed by atoms with Crippen LogP contribution < -0.4 is 5.73 Å². The van der Waals surface area contributed by atoms with Crippen LogP contribution in [0.1, 0.15) is 25.3 Å². The number of benzene rings is 1. The van der Waals surface area contributed by atoms with E-state index >= 15 is 0 Å². The molecule has 0 saturated carbocycles.